The fraction of sp³-hybridized carbons (Fsp3) is 0.182. The van der Waals surface area contributed by atoms with Crippen molar-refractivity contribution in [1.29, 1.82) is 0 Å². The molecule has 0 aliphatic heterocycles. The zero-order chi connectivity index (χ0) is 11.9. The zero-order valence-corrected chi connectivity index (χ0v) is 8.93. The molecule has 16 heavy (non-hydrogen) atoms. The van der Waals surface area contributed by atoms with E-state index in [2.05, 4.69) is 0 Å². The van der Waals surface area contributed by atoms with E-state index in [1.807, 2.05) is 0 Å². The van der Waals surface area contributed by atoms with Gasteiger partial charge < -0.3 is 4.57 Å². The maximum atomic E-state index is 11.6. The molecular formula is C11H10N2O3. The summed E-state index contributed by atoms with van der Waals surface area (Å²) in [5.41, 5.74) is 1.23. The van der Waals surface area contributed by atoms with E-state index in [0.29, 0.717) is 16.5 Å². The predicted molar refractivity (Wildman–Crippen MR) is 60.6 cm³/mol. The number of aromatic nitrogens is 1. The summed E-state index contributed by atoms with van der Waals surface area (Å²) in [6.45, 7) is 1.70. The van der Waals surface area contributed by atoms with E-state index < -0.39 is 4.92 Å². The number of aryl methyl sites for hydroxylation is 2. The molecule has 5 nitrogen and oxygen atoms in total. The minimum atomic E-state index is -0.445. The molecular weight excluding hydrogens is 208 g/mol. The van der Waals surface area contributed by atoms with Gasteiger partial charge in [0, 0.05) is 30.1 Å². The summed E-state index contributed by atoms with van der Waals surface area (Å²) in [4.78, 5) is 21.8. The Bertz CT molecular complexity index is 643. The number of non-ortho nitro benzene ring substituents is 1. The Morgan fingerprint density at radius 2 is 2.00 bits per heavy atom. The molecule has 0 atom stereocenters. The molecule has 0 saturated heterocycles. The molecule has 0 bridgehead atoms. The fourth-order valence-corrected chi connectivity index (χ4v) is 1.75. The topological polar surface area (TPSA) is 65.1 Å². The second-order valence-corrected chi connectivity index (χ2v) is 3.69. The SMILES string of the molecule is Cc1cc2cc([N+](=O)[O-])ccc2n(C)c1=O. The number of rotatable bonds is 1. The monoisotopic (exact) mass is 218 g/mol. The molecule has 0 unspecified atom stereocenters. The number of nitro benzene ring substituents is 1. The maximum absolute atomic E-state index is 11.6. The molecule has 0 aliphatic carbocycles. The van der Waals surface area contributed by atoms with Crippen molar-refractivity contribution in [3.8, 4) is 0 Å². The van der Waals surface area contributed by atoms with E-state index in [4.69, 9.17) is 0 Å². The molecule has 2 rings (SSSR count). The van der Waals surface area contributed by atoms with Crippen molar-refractivity contribution in [3.63, 3.8) is 0 Å². The number of nitrogens with zero attached hydrogens (tertiary/aromatic N) is 2. The van der Waals surface area contributed by atoms with Crippen LogP contribution in [0.15, 0.2) is 29.1 Å². The van der Waals surface area contributed by atoms with E-state index in [0.717, 1.165) is 0 Å². The minimum absolute atomic E-state index is 0.0329. The van der Waals surface area contributed by atoms with E-state index in [1.165, 1.54) is 16.7 Å². The van der Waals surface area contributed by atoms with Crippen LogP contribution in [-0.2, 0) is 7.05 Å². The Kier molecular flexibility index (Phi) is 2.23. The second kappa shape index (κ2) is 3.44. The van der Waals surface area contributed by atoms with Crippen molar-refractivity contribution in [2.45, 2.75) is 6.92 Å². The van der Waals surface area contributed by atoms with Crippen LogP contribution < -0.4 is 5.56 Å². The minimum Gasteiger partial charge on any atom is -0.311 e. The van der Waals surface area contributed by atoms with Gasteiger partial charge in [0.2, 0.25) is 0 Å². The van der Waals surface area contributed by atoms with Crippen LogP contribution in [0.1, 0.15) is 5.56 Å². The predicted octanol–water partition coefficient (Wildman–Crippen LogP) is 1.76. The quantitative estimate of drug-likeness (QED) is 0.541. The number of hydrogen-bond donors (Lipinski definition) is 0. The Morgan fingerprint density at radius 1 is 1.31 bits per heavy atom. The average molecular weight is 218 g/mol. The van der Waals surface area contributed by atoms with Gasteiger partial charge in [0.15, 0.2) is 0 Å². The molecule has 1 aromatic carbocycles. The van der Waals surface area contributed by atoms with Gasteiger partial charge in [0.25, 0.3) is 11.2 Å². The van der Waals surface area contributed by atoms with Crippen molar-refractivity contribution in [1.82, 2.24) is 4.57 Å². The van der Waals surface area contributed by atoms with Gasteiger partial charge in [0.1, 0.15) is 0 Å². The smallest absolute Gasteiger partial charge is 0.270 e. The Labute approximate surface area is 91.1 Å². The highest BCUT2D eigenvalue weighted by atomic mass is 16.6. The van der Waals surface area contributed by atoms with Gasteiger partial charge in [-0.05, 0) is 19.1 Å². The van der Waals surface area contributed by atoms with Crippen LogP contribution in [0.2, 0.25) is 0 Å². The van der Waals surface area contributed by atoms with Gasteiger partial charge in [-0.15, -0.1) is 0 Å². The third-order valence-corrected chi connectivity index (χ3v) is 2.60. The molecule has 0 aliphatic rings. The van der Waals surface area contributed by atoms with E-state index >= 15 is 0 Å². The van der Waals surface area contributed by atoms with Gasteiger partial charge >= 0.3 is 0 Å². The zero-order valence-electron chi connectivity index (χ0n) is 8.93. The Morgan fingerprint density at radius 3 is 2.62 bits per heavy atom. The van der Waals surface area contributed by atoms with Crippen LogP contribution in [0.4, 0.5) is 5.69 Å². The summed E-state index contributed by atoms with van der Waals surface area (Å²) in [5.74, 6) is 0. The highest BCUT2D eigenvalue weighted by Crippen LogP contribution is 2.19. The number of benzene rings is 1. The molecule has 82 valence electrons. The van der Waals surface area contributed by atoms with Gasteiger partial charge in [-0.25, -0.2) is 0 Å². The lowest BCUT2D eigenvalue weighted by atomic mass is 10.1. The summed E-state index contributed by atoms with van der Waals surface area (Å²) in [5, 5.41) is 11.3. The fourth-order valence-electron chi connectivity index (χ4n) is 1.75. The molecule has 0 spiro atoms. The third kappa shape index (κ3) is 1.46. The lowest BCUT2D eigenvalue weighted by Crippen LogP contribution is -2.19. The van der Waals surface area contributed by atoms with Crippen molar-refractivity contribution in [2.24, 2.45) is 7.05 Å². The molecule has 5 heteroatoms. The lowest BCUT2D eigenvalue weighted by molar-refractivity contribution is -0.384. The summed E-state index contributed by atoms with van der Waals surface area (Å²) in [6.07, 6.45) is 0. The number of fused-ring (bicyclic) bond motifs is 1. The third-order valence-electron chi connectivity index (χ3n) is 2.60. The highest BCUT2D eigenvalue weighted by Gasteiger charge is 2.09. The molecule has 2 aromatic rings. The summed E-state index contributed by atoms with van der Waals surface area (Å²) in [6, 6.07) is 6.14. The first kappa shape index (κ1) is 10.4. The van der Waals surface area contributed by atoms with Gasteiger partial charge in [-0.2, -0.15) is 0 Å². The van der Waals surface area contributed by atoms with Crippen molar-refractivity contribution < 1.29 is 4.92 Å². The molecule has 0 radical (unpaired) electrons. The second-order valence-electron chi connectivity index (χ2n) is 3.69. The molecule has 0 saturated carbocycles. The van der Waals surface area contributed by atoms with Gasteiger partial charge in [0.05, 0.1) is 10.4 Å². The first-order valence-electron chi connectivity index (χ1n) is 4.75. The van der Waals surface area contributed by atoms with Crippen LogP contribution in [0.3, 0.4) is 0 Å². The largest absolute Gasteiger partial charge is 0.311 e. The van der Waals surface area contributed by atoms with Crippen LogP contribution in [0.25, 0.3) is 10.9 Å². The highest BCUT2D eigenvalue weighted by molar-refractivity contribution is 5.82. The van der Waals surface area contributed by atoms with Gasteiger partial charge in [-0.1, -0.05) is 0 Å². The van der Waals surface area contributed by atoms with Crippen molar-refractivity contribution in [2.75, 3.05) is 0 Å². The van der Waals surface area contributed by atoms with E-state index in [-0.39, 0.29) is 11.2 Å². The van der Waals surface area contributed by atoms with Crippen LogP contribution in [0.5, 0.6) is 0 Å². The average Bonchev–Trinajstić information content (AvgIpc) is 2.25. The van der Waals surface area contributed by atoms with Crippen LogP contribution >= 0.6 is 0 Å². The summed E-state index contributed by atoms with van der Waals surface area (Å²) < 4.78 is 1.49. The molecule has 1 aromatic heterocycles. The maximum Gasteiger partial charge on any atom is 0.270 e. The summed E-state index contributed by atoms with van der Waals surface area (Å²) in [7, 11) is 1.66. The van der Waals surface area contributed by atoms with Crippen LogP contribution in [-0.4, -0.2) is 9.49 Å². The molecule has 1 heterocycles. The summed E-state index contributed by atoms with van der Waals surface area (Å²) >= 11 is 0. The van der Waals surface area contributed by atoms with Gasteiger partial charge in [-0.3, -0.25) is 14.9 Å². The first-order valence-corrected chi connectivity index (χ1v) is 4.75. The van der Waals surface area contributed by atoms with Crippen molar-refractivity contribution in [3.05, 3.63) is 50.3 Å². The first-order chi connectivity index (χ1) is 7.50. The van der Waals surface area contributed by atoms with E-state index in [9.17, 15) is 14.9 Å². The molecule has 0 N–H and O–H groups in total. The van der Waals surface area contributed by atoms with E-state index in [1.54, 1.807) is 26.1 Å². The number of nitro groups is 1. The Hall–Kier alpha value is -2.17. The van der Waals surface area contributed by atoms with Crippen molar-refractivity contribution >= 4 is 16.6 Å². The molecule has 0 amide bonds. The standard InChI is InChI=1S/C11H10N2O3/c1-7-5-8-6-9(13(15)16)3-4-10(8)12(2)11(7)14/h3-6H,1-2H3. The lowest BCUT2D eigenvalue weighted by Gasteiger charge is -2.05. The number of hydrogen-bond acceptors (Lipinski definition) is 3. The Balaban J connectivity index is 2.86. The number of pyridine rings is 1. The molecule has 0 fully saturated rings. The normalized spacial score (nSPS) is 10.6. The van der Waals surface area contributed by atoms with Crippen LogP contribution in [0, 0.1) is 17.0 Å².